The minimum Gasteiger partial charge on any atom is -0.356 e. The van der Waals surface area contributed by atoms with Crippen LogP contribution in [-0.4, -0.2) is 28.7 Å². The van der Waals surface area contributed by atoms with Crippen molar-refractivity contribution in [3.63, 3.8) is 0 Å². The summed E-state index contributed by atoms with van der Waals surface area (Å²) in [4.78, 5) is 2.43. The van der Waals surface area contributed by atoms with E-state index in [1.54, 1.807) is 0 Å². The molecule has 20 heavy (non-hydrogen) atoms. The molecular formula is C16H21N3O. The zero-order valence-corrected chi connectivity index (χ0v) is 11.8. The summed E-state index contributed by atoms with van der Waals surface area (Å²) < 4.78 is 5.45. The Bertz CT molecular complexity index is 552. The highest BCUT2D eigenvalue weighted by molar-refractivity contribution is 5.56. The molecule has 0 amide bonds. The highest BCUT2D eigenvalue weighted by Gasteiger charge is 2.24. The van der Waals surface area contributed by atoms with Gasteiger partial charge in [0.2, 0.25) is 0 Å². The average Bonchev–Trinajstić information content (AvgIpc) is 2.92. The SMILES string of the molecule is CC1CC(N)CCN1Cc1cc(-c2ccccc2)on1. The van der Waals surface area contributed by atoms with Gasteiger partial charge in [0.05, 0.1) is 5.69 Å². The van der Waals surface area contributed by atoms with Crippen molar-refractivity contribution in [3.8, 4) is 11.3 Å². The molecule has 1 aliphatic rings. The molecule has 2 heterocycles. The van der Waals surface area contributed by atoms with Crippen molar-refractivity contribution in [2.24, 2.45) is 5.73 Å². The zero-order valence-electron chi connectivity index (χ0n) is 11.8. The zero-order chi connectivity index (χ0) is 13.9. The minimum atomic E-state index is 0.346. The molecule has 106 valence electrons. The van der Waals surface area contributed by atoms with E-state index in [0.717, 1.165) is 42.9 Å². The Balaban J connectivity index is 1.69. The third-order valence-corrected chi connectivity index (χ3v) is 4.04. The predicted molar refractivity (Wildman–Crippen MR) is 79.0 cm³/mol. The van der Waals surface area contributed by atoms with Crippen molar-refractivity contribution in [2.45, 2.75) is 38.4 Å². The van der Waals surface area contributed by atoms with Crippen LogP contribution < -0.4 is 5.73 Å². The molecule has 3 rings (SSSR count). The van der Waals surface area contributed by atoms with Crippen molar-refractivity contribution in [2.75, 3.05) is 6.54 Å². The number of rotatable bonds is 3. The molecule has 1 aliphatic heterocycles. The molecule has 0 radical (unpaired) electrons. The number of aromatic nitrogens is 1. The van der Waals surface area contributed by atoms with Gasteiger partial charge in [0.15, 0.2) is 5.76 Å². The van der Waals surface area contributed by atoms with E-state index in [9.17, 15) is 0 Å². The van der Waals surface area contributed by atoms with Gasteiger partial charge in [-0.15, -0.1) is 0 Å². The van der Waals surface area contributed by atoms with Crippen LogP contribution in [0.15, 0.2) is 40.9 Å². The van der Waals surface area contributed by atoms with Gasteiger partial charge in [-0.2, -0.15) is 0 Å². The number of piperidine rings is 1. The Morgan fingerprint density at radius 1 is 1.35 bits per heavy atom. The molecule has 0 spiro atoms. The maximum Gasteiger partial charge on any atom is 0.167 e. The van der Waals surface area contributed by atoms with Gasteiger partial charge < -0.3 is 10.3 Å². The summed E-state index contributed by atoms with van der Waals surface area (Å²) in [5.74, 6) is 0.835. The molecule has 2 aromatic rings. The van der Waals surface area contributed by atoms with E-state index in [2.05, 4.69) is 17.0 Å². The molecule has 1 aromatic carbocycles. The normalized spacial score (nSPS) is 23.9. The fourth-order valence-electron chi connectivity index (χ4n) is 2.82. The fraction of sp³-hybridized carbons (Fsp3) is 0.438. The van der Waals surface area contributed by atoms with Gasteiger partial charge in [0.25, 0.3) is 0 Å². The molecule has 0 aliphatic carbocycles. The fourth-order valence-corrected chi connectivity index (χ4v) is 2.82. The van der Waals surface area contributed by atoms with Crippen LogP contribution in [0.3, 0.4) is 0 Å². The van der Waals surface area contributed by atoms with Crippen molar-refractivity contribution in [3.05, 3.63) is 42.1 Å². The van der Waals surface area contributed by atoms with Crippen LogP contribution in [0.4, 0.5) is 0 Å². The number of nitrogens with zero attached hydrogens (tertiary/aromatic N) is 2. The summed E-state index contributed by atoms with van der Waals surface area (Å²) in [6.07, 6.45) is 2.12. The van der Waals surface area contributed by atoms with Crippen molar-refractivity contribution in [1.82, 2.24) is 10.1 Å². The van der Waals surface area contributed by atoms with Gasteiger partial charge in [-0.3, -0.25) is 4.90 Å². The highest BCUT2D eigenvalue weighted by Crippen LogP contribution is 2.22. The lowest BCUT2D eigenvalue weighted by atomic mass is 9.99. The Hall–Kier alpha value is -1.65. The summed E-state index contributed by atoms with van der Waals surface area (Å²) in [5.41, 5.74) is 8.06. The molecule has 4 nitrogen and oxygen atoms in total. The largest absolute Gasteiger partial charge is 0.356 e. The summed E-state index contributed by atoms with van der Waals surface area (Å²) in [7, 11) is 0. The van der Waals surface area contributed by atoms with Crippen molar-refractivity contribution >= 4 is 0 Å². The summed E-state index contributed by atoms with van der Waals surface area (Å²) in [6.45, 7) is 4.11. The van der Waals surface area contributed by atoms with Crippen LogP contribution in [0.25, 0.3) is 11.3 Å². The molecule has 1 fully saturated rings. The van der Waals surface area contributed by atoms with Gasteiger partial charge in [0.1, 0.15) is 0 Å². The molecule has 0 saturated carbocycles. The van der Waals surface area contributed by atoms with Gasteiger partial charge in [0, 0.05) is 36.8 Å². The van der Waals surface area contributed by atoms with Crippen molar-refractivity contribution < 1.29 is 4.52 Å². The van der Waals surface area contributed by atoms with Crippen LogP contribution in [-0.2, 0) is 6.54 Å². The number of nitrogens with two attached hydrogens (primary N) is 1. The van der Waals surface area contributed by atoms with Crippen LogP contribution >= 0.6 is 0 Å². The molecule has 0 bridgehead atoms. The maximum absolute atomic E-state index is 6.00. The quantitative estimate of drug-likeness (QED) is 0.932. The topological polar surface area (TPSA) is 55.3 Å². The highest BCUT2D eigenvalue weighted by atomic mass is 16.5. The van der Waals surface area contributed by atoms with E-state index in [1.807, 2.05) is 36.4 Å². The monoisotopic (exact) mass is 271 g/mol. The first-order valence-electron chi connectivity index (χ1n) is 7.23. The summed E-state index contributed by atoms with van der Waals surface area (Å²) in [6, 6.07) is 13.0. The van der Waals surface area contributed by atoms with E-state index in [4.69, 9.17) is 10.3 Å². The van der Waals surface area contributed by atoms with Crippen molar-refractivity contribution in [1.29, 1.82) is 0 Å². The lowest BCUT2D eigenvalue weighted by Crippen LogP contribution is -2.45. The molecule has 2 N–H and O–H groups in total. The Labute approximate surface area is 119 Å². The number of benzene rings is 1. The van der Waals surface area contributed by atoms with Gasteiger partial charge in [-0.1, -0.05) is 35.5 Å². The number of hydrogen-bond donors (Lipinski definition) is 1. The first-order valence-corrected chi connectivity index (χ1v) is 7.23. The van der Waals surface area contributed by atoms with E-state index in [-0.39, 0.29) is 0 Å². The second kappa shape index (κ2) is 5.77. The van der Waals surface area contributed by atoms with Crippen LogP contribution in [0.2, 0.25) is 0 Å². The molecule has 4 heteroatoms. The average molecular weight is 271 g/mol. The molecule has 1 aromatic heterocycles. The van der Waals surface area contributed by atoms with E-state index < -0.39 is 0 Å². The number of likely N-dealkylation sites (tertiary alicyclic amines) is 1. The minimum absolute atomic E-state index is 0.346. The van der Waals surface area contributed by atoms with Gasteiger partial charge in [-0.25, -0.2) is 0 Å². The molecular weight excluding hydrogens is 250 g/mol. The van der Waals surface area contributed by atoms with Crippen LogP contribution in [0, 0.1) is 0 Å². The number of hydrogen-bond acceptors (Lipinski definition) is 4. The third-order valence-electron chi connectivity index (χ3n) is 4.04. The Morgan fingerprint density at radius 2 is 2.15 bits per heavy atom. The Morgan fingerprint density at radius 3 is 2.90 bits per heavy atom. The molecule has 1 saturated heterocycles. The second-order valence-electron chi connectivity index (χ2n) is 5.65. The lowest BCUT2D eigenvalue weighted by Gasteiger charge is -2.35. The predicted octanol–water partition coefficient (Wildman–Crippen LogP) is 2.65. The summed E-state index contributed by atoms with van der Waals surface area (Å²) in [5, 5.41) is 4.19. The molecule has 2 unspecified atom stereocenters. The van der Waals surface area contributed by atoms with Crippen LogP contribution in [0.1, 0.15) is 25.5 Å². The first kappa shape index (κ1) is 13.3. The van der Waals surface area contributed by atoms with Gasteiger partial charge in [-0.05, 0) is 19.8 Å². The maximum atomic E-state index is 6.00. The third kappa shape index (κ3) is 2.92. The molecule has 2 atom stereocenters. The van der Waals surface area contributed by atoms with Gasteiger partial charge >= 0.3 is 0 Å². The second-order valence-corrected chi connectivity index (χ2v) is 5.65. The Kier molecular flexibility index (Phi) is 3.85. The standard InChI is InChI=1S/C16H21N3O/c1-12-9-14(17)7-8-19(12)11-15-10-16(20-18-15)13-5-3-2-4-6-13/h2-6,10,12,14H,7-9,11,17H2,1H3. The smallest absolute Gasteiger partial charge is 0.167 e. The van der Waals surface area contributed by atoms with E-state index in [1.165, 1.54) is 0 Å². The van der Waals surface area contributed by atoms with E-state index in [0.29, 0.717) is 12.1 Å². The lowest BCUT2D eigenvalue weighted by molar-refractivity contribution is 0.136. The van der Waals surface area contributed by atoms with Crippen LogP contribution in [0.5, 0.6) is 0 Å². The summed E-state index contributed by atoms with van der Waals surface area (Å²) >= 11 is 0. The first-order chi connectivity index (χ1) is 9.72. The van der Waals surface area contributed by atoms with E-state index >= 15 is 0 Å².